The maximum absolute atomic E-state index is 12.9. The van der Waals surface area contributed by atoms with Crippen LogP contribution in [0.15, 0.2) is 29.2 Å². The van der Waals surface area contributed by atoms with Crippen LogP contribution in [0.5, 0.6) is 0 Å². The van der Waals surface area contributed by atoms with Gasteiger partial charge in [-0.25, -0.2) is 16.8 Å². The summed E-state index contributed by atoms with van der Waals surface area (Å²) < 4.78 is 55.2. The Kier molecular flexibility index (Phi) is 7.01. The van der Waals surface area contributed by atoms with Crippen molar-refractivity contribution in [3.63, 3.8) is 0 Å². The molecule has 0 spiro atoms. The number of nitrogens with one attached hydrogen (secondary N) is 1. The summed E-state index contributed by atoms with van der Waals surface area (Å²) >= 11 is 0. The third kappa shape index (κ3) is 5.26. The highest BCUT2D eigenvalue weighted by Crippen LogP contribution is 2.26. The number of ether oxygens (including phenoxy) is 1. The summed E-state index contributed by atoms with van der Waals surface area (Å²) in [6.07, 6.45) is 1.53. The van der Waals surface area contributed by atoms with Crippen LogP contribution in [0.25, 0.3) is 0 Å². The average Bonchev–Trinajstić information content (AvgIpc) is 2.90. The van der Waals surface area contributed by atoms with Gasteiger partial charge in [-0.15, -0.1) is 0 Å². The highest BCUT2D eigenvalue weighted by Gasteiger charge is 2.45. The van der Waals surface area contributed by atoms with Gasteiger partial charge in [-0.05, 0) is 44.0 Å². The van der Waals surface area contributed by atoms with Gasteiger partial charge in [0, 0.05) is 19.3 Å². The van der Waals surface area contributed by atoms with Crippen LogP contribution in [0.2, 0.25) is 0 Å². The molecule has 1 heterocycles. The fourth-order valence-electron chi connectivity index (χ4n) is 3.01. The van der Waals surface area contributed by atoms with E-state index in [0.717, 1.165) is 12.0 Å². The minimum Gasteiger partial charge on any atom is -0.382 e. The van der Waals surface area contributed by atoms with Crippen LogP contribution in [0.1, 0.15) is 25.8 Å². The predicted molar refractivity (Wildman–Crippen MR) is 98.3 cm³/mol. The molecular weight excluding hydrogens is 362 g/mol. The molecule has 0 bridgehead atoms. The zero-order chi connectivity index (χ0) is 18.5. The molecule has 1 aliphatic heterocycles. The molecule has 0 saturated carbocycles. The summed E-state index contributed by atoms with van der Waals surface area (Å²) in [5, 5.41) is 2.16. The second kappa shape index (κ2) is 8.62. The molecule has 142 valence electrons. The molecule has 1 aromatic carbocycles. The van der Waals surface area contributed by atoms with Gasteiger partial charge in [-0.2, -0.15) is 0 Å². The van der Waals surface area contributed by atoms with Gasteiger partial charge in [-0.1, -0.05) is 19.1 Å². The van der Waals surface area contributed by atoms with Crippen molar-refractivity contribution >= 4 is 19.7 Å². The first kappa shape index (κ1) is 20.4. The fourth-order valence-corrected chi connectivity index (χ4v) is 7.72. The Morgan fingerprint density at radius 3 is 2.44 bits per heavy atom. The van der Waals surface area contributed by atoms with E-state index >= 15 is 0 Å². The van der Waals surface area contributed by atoms with Crippen LogP contribution in [0, 0.1) is 0 Å². The largest absolute Gasteiger partial charge is 0.382 e. The molecule has 0 amide bonds. The highest BCUT2D eigenvalue weighted by molar-refractivity contribution is 7.96. The van der Waals surface area contributed by atoms with Crippen LogP contribution in [-0.4, -0.2) is 59.4 Å². The van der Waals surface area contributed by atoms with Gasteiger partial charge in [0.1, 0.15) is 0 Å². The molecule has 1 aromatic rings. The first-order valence-electron chi connectivity index (χ1n) is 8.64. The Balaban J connectivity index is 2.14. The zero-order valence-electron chi connectivity index (χ0n) is 14.8. The standard InChI is InChI=1S/C17H27NO5S2/c1-3-14-6-8-15(9-7-14)25(21,22)17-13-24(19,20)12-16(17)18-10-5-11-23-4-2/h6-9,16-18H,3-5,10-13H2,1-2H3/t16-,17-/m0/s1. The molecule has 1 aliphatic rings. The Morgan fingerprint density at radius 1 is 1.16 bits per heavy atom. The third-order valence-corrected chi connectivity index (χ3v) is 8.60. The number of hydrogen-bond acceptors (Lipinski definition) is 6. The van der Waals surface area contributed by atoms with E-state index in [-0.39, 0.29) is 16.4 Å². The van der Waals surface area contributed by atoms with Crippen molar-refractivity contribution in [2.45, 2.75) is 42.9 Å². The van der Waals surface area contributed by atoms with E-state index in [1.807, 2.05) is 13.8 Å². The Hall–Kier alpha value is -0.960. The minimum absolute atomic E-state index is 0.140. The predicted octanol–water partition coefficient (Wildman–Crippen LogP) is 1.20. The smallest absolute Gasteiger partial charge is 0.183 e. The molecule has 25 heavy (non-hydrogen) atoms. The quantitative estimate of drug-likeness (QED) is 0.639. The maximum Gasteiger partial charge on any atom is 0.183 e. The number of aryl methyl sites for hydroxylation is 1. The van der Waals surface area contributed by atoms with Crippen molar-refractivity contribution in [1.82, 2.24) is 5.32 Å². The highest BCUT2D eigenvalue weighted by atomic mass is 32.2. The normalized spacial score (nSPS) is 23.0. The molecule has 1 saturated heterocycles. The summed E-state index contributed by atoms with van der Waals surface area (Å²) in [5.74, 6) is -0.466. The van der Waals surface area contributed by atoms with Crippen LogP contribution in [0.4, 0.5) is 0 Å². The summed E-state index contributed by atoms with van der Waals surface area (Å²) in [5.41, 5.74) is 1.04. The lowest BCUT2D eigenvalue weighted by molar-refractivity contribution is 0.144. The van der Waals surface area contributed by atoms with E-state index in [4.69, 9.17) is 4.74 Å². The molecule has 0 aromatic heterocycles. The Morgan fingerprint density at radius 2 is 1.84 bits per heavy atom. The van der Waals surface area contributed by atoms with Gasteiger partial charge >= 0.3 is 0 Å². The molecule has 0 aliphatic carbocycles. The molecule has 2 atom stereocenters. The van der Waals surface area contributed by atoms with Crippen LogP contribution in [-0.2, 0) is 30.8 Å². The number of rotatable bonds is 9. The third-order valence-electron chi connectivity index (χ3n) is 4.44. The average molecular weight is 390 g/mol. The first-order chi connectivity index (χ1) is 11.8. The van der Waals surface area contributed by atoms with Gasteiger partial charge < -0.3 is 10.1 Å². The Labute approximate surface area is 150 Å². The number of hydrogen-bond donors (Lipinski definition) is 1. The fraction of sp³-hybridized carbons (Fsp3) is 0.647. The van der Waals surface area contributed by atoms with Crippen LogP contribution in [0.3, 0.4) is 0 Å². The Bertz CT molecular complexity index is 757. The summed E-state index contributed by atoms with van der Waals surface area (Å²) in [6, 6.07) is 6.13. The van der Waals surface area contributed by atoms with Crippen molar-refractivity contribution < 1.29 is 21.6 Å². The van der Waals surface area contributed by atoms with E-state index in [0.29, 0.717) is 26.2 Å². The molecule has 0 unspecified atom stereocenters. The molecular formula is C17H27NO5S2. The van der Waals surface area contributed by atoms with E-state index in [9.17, 15) is 16.8 Å². The monoisotopic (exact) mass is 389 g/mol. The lowest BCUT2D eigenvalue weighted by Gasteiger charge is -2.20. The van der Waals surface area contributed by atoms with E-state index in [1.54, 1.807) is 24.3 Å². The van der Waals surface area contributed by atoms with E-state index in [2.05, 4.69) is 5.32 Å². The van der Waals surface area contributed by atoms with E-state index < -0.39 is 31.0 Å². The zero-order valence-corrected chi connectivity index (χ0v) is 16.4. The van der Waals surface area contributed by atoms with Gasteiger partial charge in [0.2, 0.25) is 0 Å². The second-order valence-electron chi connectivity index (χ2n) is 6.27. The summed E-state index contributed by atoms with van der Waals surface area (Å²) in [6.45, 7) is 5.63. The van der Waals surface area contributed by atoms with E-state index in [1.165, 1.54) is 0 Å². The minimum atomic E-state index is -3.70. The topological polar surface area (TPSA) is 89.5 Å². The van der Waals surface area contributed by atoms with Gasteiger partial charge in [0.15, 0.2) is 19.7 Å². The van der Waals surface area contributed by atoms with Crippen molar-refractivity contribution in [3.8, 4) is 0 Å². The maximum atomic E-state index is 12.9. The molecule has 1 N–H and O–H groups in total. The van der Waals surface area contributed by atoms with Crippen molar-refractivity contribution in [3.05, 3.63) is 29.8 Å². The lowest BCUT2D eigenvalue weighted by Crippen LogP contribution is -2.43. The van der Waals surface area contributed by atoms with Crippen molar-refractivity contribution in [1.29, 1.82) is 0 Å². The van der Waals surface area contributed by atoms with Gasteiger partial charge in [0.25, 0.3) is 0 Å². The van der Waals surface area contributed by atoms with Crippen molar-refractivity contribution in [2.24, 2.45) is 0 Å². The van der Waals surface area contributed by atoms with Crippen LogP contribution >= 0.6 is 0 Å². The second-order valence-corrected chi connectivity index (χ2v) is 10.6. The SMILES string of the molecule is CCOCCCN[C@H]1CS(=O)(=O)C[C@@H]1S(=O)(=O)c1ccc(CC)cc1. The molecule has 1 fully saturated rings. The van der Waals surface area contributed by atoms with Crippen molar-refractivity contribution in [2.75, 3.05) is 31.3 Å². The summed E-state index contributed by atoms with van der Waals surface area (Å²) in [7, 11) is -7.07. The molecule has 0 radical (unpaired) electrons. The van der Waals surface area contributed by atoms with Crippen LogP contribution < -0.4 is 5.32 Å². The summed E-state index contributed by atoms with van der Waals surface area (Å²) in [4.78, 5) is 0.188. The lowest BCUT2D eigenvalue weighted by atomic mass is 10.2. The van der Waals surface area contributed by atoms with Gasteiger partial charge in [0.05, 0.1) is 21.7 Å². The van der Waals surface area contributed by atoms with Gasteiger partial charge in [-0.3, -0.25) is 0 Å². The molecule has 8 heteroatoms. The molecule has 2 rings (SSSR count). The first-order valence-corrected chi connectivity index (χ1v) is 12.0. The number of sulfone groups is 2. The number of benzene rings is 1. The molecule has 6 nitrogen and oxygen atoms in total.